The number of nitrogens with zero attached hydrogens (tertiary/aromatic N) is 1. The number of hydrogen-bond donors (Lipinski definition) is 0. The molecule has 1 aliphatic rings. The number of benzene rings is 1. The van der Waals surface area contributed by atoms with Crippen molar-refractivity contribution in [1.82, 2.24) is 4.90 Å². The van der Waals surface area contributed by atoms with Gasteiger partial charge >= 0.3 is 0 Å². The second-order valence-electron chi connectivity index (χ2n) is 4.08. The fourth-order valence-electron chi connectivity index (χ4n) is 1.77. The monoisotopic (exact) mass is 365 g/mol. The van der Waals surface area contributed by atoms with Gasteiger partial charge in [-0.15, -0.1) is 0 Å². The van der Waals surface area contributed by atoms with Crippen LogP contribution in [0, 0.1) is 9.39 Å². The number of likely N-dealkylation sites (tertiary alicyclic amines) is 1. The number of carbonyl (C=O) groups is 1. The van der Waals surface area contributed by atoms with Crippen molar-refractivity contribution in [3.8, 4) is 11.5 Å². The third-order valence-corrected chi connectivity index (χ3v) is 3.39. The van der Waals surface area contributed by atoms with Gasteiger partial charge < -0.3 is 14.4 Å². The highest BCUT2D eigenvalue weighted by molar-refractivity contribution is 14.1. The first kappa shape index (κ1) is 13.4. The van der Waals surface area contributed by atoms with E-state index in [1.54, 1.807) is 11.0 Å². The molecule has 2 rings (SSSR count). The summed E-state index contributed by atoms with van der Waals surface area (Å²) < 4.78 is 25.0. The Morgan fingerprint density at radius 3 is 2.72 bits per heavy atom. The molecule has 0 aliphatic carbocycles. The third-order valence-electron chi connectivity index (χ3n) is 2.77. The highest BCUT2D eigenvalue weighted by atomic mass is 127. The van der Waals surface area contributed by atoms with E-state index in [1.807, 2.05) is 22.6 Å². The maximum atomic E-state index is 13.6. The molecule has 0 spiro atoms. The van der Waals surface area contributed by atoms with E-state index in [2.05, 4.69) is 0 Å². The summed E-state index contributed by atoms with van der Waals surface area (Å²) in [5.41, 5.74) is 0. The molecule has 0 N–H and O–H groups in total. The zero-order valence-corrected chi connectivity index (χ0v) is 12.2. The summed E-state index contributed by atoms with van der Waals surface area (Å²) in [6, 6.07) is 3.10. The summed E-state index contributed by atoms with van der Waals surface area (Å²) in [6.45, 7) is 2.58. The molecule has 1 fully saturated rings. The maximum absolute atomic E-state index is 13.6. The minimum absolute atomic E-state index is 0.0237. The number of rotatable bonds is 3. The smallest absolute Gasteiger partial charge is 0.219 e. The van der Waals surface area contributed by atoms with Gasteiger partial charge in [-0.25, -0.2) is 4.39 Å². The Hall–Kier alpha value is -1.05. The minimum Gasteiger partial charge on any atom is -0.490 e. The van der Waals surface area contributed by atoms with Crippen LogP contribution in [0.5, 0.6) is 11.5 Å². The molecule has 0 radical (unpaired) electrons. The first-order valence-corrected chi connectivity index (χ1v) is 6.54. The molecule has 0 unspecified atom stereocenters. The van der Waals surface area contributed by atoms with Gasteiger partial charge in [0.05, 0.1) is 20.2 Å². The summed E-state index contributed by atoms with van der Waals surface area (Å²) in [4.78, 5) is 12.7. The van der Waals surface area contributed by atoms with Crippen LogP contribution in [0.25, 0.3) is 0 Å². The molecule has 1 aromatic carbocycles. The number of amides is 1. The zero-order chi connectivity index (χ0) is 13.3. The average molecular weight is 365 g/mol. The van der Waals surface area contributed by atoms with E-state index in [4.69, 9.17) is 9.47 Å². The summed E-state index contributed by atoms with van der Waals surface area (Å²) in [5.74, 6) is 0.0737. The molecule has 1 aliphatic heterocycles. The fourth-order valence-corrected chi connectivity index (χ4v) is 2.33. The van der Waals surface area contributed by atoms with Crippen LogP contribution in [-0.2, 0) is 4.79 Å². The van der Waals surface area contributed by atoms with Crippen molar-refractivity contribution in [1.29, 1.82) is 0 Å². The predicted molar refractivity (Wildman–Crippen MR) is 72.3 cm³/mol. The fraction of sp³-hybridized carbons (Fsp3) is 0.417. The molecule has 1 amide bonds. The summed E-state index contributed by atoms with van der Waals surface area (Å²) in [7, 11) is 1.40. The molecule has 0 atom stereocenters. The van der Waals surface area contributed by atoms with E-state index < -0.39 is 5.82 Å². The molecule has 1 heterocycles. The number of ether oxygens (including phenoxy) is 2. The molecule has 0 aromatic heterocycles. The minimum atomic E-state index is -0.442. The zero-order valence-electron chi connectivity index (χ0n) is 10.1. The predicted octanol–water partition coefficient (Wildman–Crippen LogP) is 2.05. The molecule has 4 nitrogen and oxygen atoms in total. The maximum Gasteiger partial charge on any atom is 0.219 e. The van der Waals surface area contributed by atoms with E-state index in [1.165, 1.54) is 20.1 Å². The van der Waals surface area contributed by atoms with Crippen LogP contribution in [0.15, 0.2) is 12.1 Å². The Bertz CT molecular complexity index is 475. The summed E-state index contributed by atoms with van der Waals surface area (Å²) >= 11 is 2.02. The number of carbonyl (C=O) groups excluding carboxylic acids is 1. The van der Waals surface area contributed by atoms with Crippen LogP contribution in [0.1, 0.15) is 6.92 Å². The van der Waals surface area contributed by atoms with Gasteiger partial charge in [-0.05, 0) is 34.7 Å². The Morgan fingerprint density at radius 2 is 2.17 bits per heavy atom. The van der Waals surface area contributed by atoms with Crippen LogP contribution >= 0.6 is 22.6 Å². The second kappa shape index (κ2) is 5.29. The molecule has 1 saturated heterocycles. The van der Waals surface area contributed by atoms with Crippen molar-refractivity contribution >= 4 is 28.5 Å². The van der Waals surface area contributed by atoms with E-state index >= 15 is 0 Å². The second-order valence-corrected chi connectivity index (χ2v) is 5.33. The Morgan fingerprint density at radius 1 is 1.50 bits per heavy atom. The topological polar surface area (TPSA) is 38.8 Å². The first-order chi connectivity index (χ1) is 8.51. The largest absolute Gasteiger partial charge is 0.490 e. The van der Waals surface area contributed by atoms with Crippen LogP contribution in [0.4, 0.5) is 4.39 Å². The van der Waals surface area contributed by atoms with Gasteiger partial charge in [0, 0.05) is 10.5 Å². The van der Waals surface area contributed by atoms with E-state index in [0.717, 1.165) is 3.57 Å². The molecular weight excluding hydrogens is 352 g/mol. The van der Waals surface area contributed by atoms with Crippen molar-refractivity contribution in [2.24, 2.45) is 0 Å². The summed E-state index contributed by atoms with van der Waals surface area (Å²) in [6.07, 6.45) is -0.0969. The van der Waals surface area contributed by atoms with E-state index in [-0.39, 0.29) is 17.8 Å². The normalized spacial score (nSPS) is 15.2. The first-order valence-electron chi connectivity index (χ1n) is 5.46. The quantitative estimate of drug-likeness (QED) is 0.770. The molecule has 0 saturated carbocycles. The highest BCUT2D eigenvalue weighted by Gasteiger charge is 2.31. The molecule has 18 heavy (non-hydrogen) atoms. The lowest BCUT2D eigenvalue weighted by molar-refractivity contribution is -0.137. The number of halogens is 2. The van der Waals surface area contributed by atoms with Gasteiger partial charge in [-0.1, -0.05) is 0 Å². The Labute approximate surface area is 118 Å². The van der Waals surface area contributed by atoms with Gasteiger partial charge in [0.25, 0.3) is 0 Å². The van der Waals surface area contributed by atoms with Crippen LogP contribution < -0.4 is 9.47 Å². The highest BCUT2D eigenvalue weighted by Crippen LogP contribution is 2.33. The lowest BCUT2D eigenvalue weighted by Gasteiger charge is -2.38. The van der Waals surface area contributed by atoms with Crippen molar-refractivity contribution < 1.29 is 18.7 Å². The third kappa shape index (κ3) is 2.68. The SMILES string of the molecule is COc1c(F)cc(I)cc1OC1CN(C(C)=O)C1. The van der Waals surface area contributed by atoms with Crippen LogP contribution in [0.2, 0.25) is 0 Å². The Kier molecular flexibility index (Phi) is 3.94. The van der Waals surface area contributed by atoms with Crippen molar-refractivity contribution in [2.45, 2.75) is 13.0 Å². The van der Waals surface area contributed by atoms with Gasteiger partial charge in [0.2, 0.25) is 5.91 Å². The number of hydrogen-bond acceptors (Lipinski definition) is 3. The molecule has 98 valence electrons. The summed E-state index contributed by atoms with van der Waals surface area (Å²) in [5, 5.41) is 0. The standard InChI is InChI=1S/C12H13FINO3/c1-7(16)15-5-9(6-15)18-11-4-8(14)3-10(13)12(11)17-2/h3-4,9H,5-6H2,1-2H3. The molecule has 6 heteroatoms. The van der Waals surface area contributed by atoms with Gasteiger partial charge in [0.1, 0.15) is 6.10 Å². The van der Waals surface area contributed by atoms with Crippen LogP contribution in [-0.4, -0.2) is 37.1 Å². The molecule has 1 aromatic rings. The lowest BCUT2D eigenvalue weighted by atomic mass is 10.1. The van der Waals surface area contributed by atoms with Crippen molar-refractivity contribution in [2.75, 3.05) is 20.2 Å². The number of methoxy groups -OCH3 is 1. The van der Waals surface area contributed by atoms with Gasteiger partial charge in [-0.2, -0.15) is 0 Å². The van der Waals surface area contributed by atoms with Crippen LogP contribution in [0.3, 0.4) is 0 Å². The van der Waals surface area contributed by atoms with Crippen molar-refractivity contribution in [3.05, 3.63) is 21.5 Å². The van der Waals surface area contributed by atoms with E-state index in [9.17, 15) is 9.18 Å². The Balaban J connectivity index is 2.08. The van der Waals surface area contributed by atoms with E-state index in [0.29, 0.717) is 18.8 Å². The average Bonchev–Trinajstić information content (AvgIpc) is 2.21. The van der Waals surface area contributed by atoms with Gasteiger partial charge in [0.15, 0.2) is 17.3 Å². The lowest BCUT2D eigenvalue weighted by Crippen LogP contribution is -2.55. The molecular formula is C12H13FINO3. The van der Waals surface area contributed by atoms with Gasteiger partial charge in [-0.3, -0.25) is 4.79 Å². The van der Waals surface area contributed by atoms with Crippen molar-refractivity contribution in [3.63, 3.8) is 0 Å². The molecule has 0 bridgehead atoms.